The lowest BCUT2D eigenvalue weighted by molar-refractivity contribution is 0.245. The summed E-state index contributed by atoms with van der Waals surface area (Å²) in [5.41, 5.74) is 1.16. The fraction of sp³-hybridized carbons (Fsp3) is 0.273. The van der Waals surface area contributed by atoms with E-state index < -0.39 is 0 Å². The molecular formula is C11H13NO2. The minimum atomic E-state index is 0.739. The minimum Gasteiger partial charge on any atom is -0.498 e. The van der Waals surface area contributed by atoms with Crippen LogP contribution in [0.4, 0.5) is 5.69 Å². The van der Waals surface area contributed by atoms with Crippen LogP contribution in [-0.4, -0.2) is 20.3 Å². The standard InChI is InChI=1S/C11H13NO2/c1-13-11-4-2-10(3-5-11)12-6-8-14-9-7-12/h2-6,8H,7,9H2,1H3. The van der Waals surface area contributed by atoms with Crippen LogP contribution in [0.1, 0.15) is 0 Å². The Labute approximate surface area is 83.5 Å². The number of hydrogen-bond acceptors (Lipinski definition) is 3. The van der Waals surface area contributed by atoms with Gasteiger partial charge in [-0.15, -0.1) is 0 Å². The van der Waals surface area contributed by atoms with Gasteiger partial charge in [-0.1, -0.05) is 0 Å². The summed E-state index contributed by atoms with van der Waals surface area (Å²) in [6.07, 6.45) is 3.65. The van der Waals surface area contributed by atoms with Crippen LogP contribution in [0.5, 0.6) is 5.75 Å². The van der Waals surface area contributed by atoms with Crippen LogP contribution in [0.2, 0.25) is 0 Å². The lowest BCUT2D eigenvalue weighted by atomic mass is 10.2. The molecule has 0 amide bonds. The lowest BCUT2D eigenvalue weighted by Crippen LogP contribution is -2.24. The van der Waals surface area contributed by atoms with Gasteiger partial charge < -0.3 is 14.4 Å². The zero-order valence-corrected chi connectivity index (χ0v) is 8.14. The molecule has 1 aromatic carbocycles. The van der Waals surface area contributed by atoms with E-state index in [1.165, 1.54) is 0 Å². The average Bonchev–Trinajstić information content (AvgIpc) is 2.30. The van der Waals surface area contributed by atoms with Crippen LogP contribution in [0.3, 0.4) is 0 Å². The third-order valence-corrected chi connectivity index (χ3v) is 2.19. The summed E-state index contributed by atoms with van der Waals surface area (Å²) >= 11 is 0. The van der Waals surface area contributed by atoms with Crippen molar-refractivity contribution in [2.75, 3.05) is 25.2 Å². The first-order valence-electron chi connectivity index (χ1n) is 4.59. The van der Waals surface area contributed by atoms with E-state index in [1.54, 1.807) is 13.4 Å². The van der Waals surface area contributed by atoms with E-state index in [-0.39, 0.29) is 0 Å². The molecule has 3 heteroatoms. The molecule has 0 spiro atoms. The van der Waals surface area contributed by atoms with Crippen LogP contribution < -0.4 is 9.64 Å². The number of benzene rings is 1. The van der Waals surface area contributed by atoms with Gasteiger partial charge in [0.05, 0.1) is 19.9 Å². The van der Waals surface area contributed by atoms with Gasteiger partial charge in [0.2, 0.25) is 0 Å². The van der Waals surface area contributed by atoms with Gasteiger partial charge in [-0.2, -0.15) is 0 Å². The summed E-state index contributed by atoms with van der Waals surface area (Å²) in [7, 11) is 1.67. The summed E-state index contributed by atoms with van der Waals surface area (Å²) < 4.78 is 10.2. The summed E-state index contributed by atoms with van der Waals surface area (Å²) in [4.78, 5) is 2.14. The van der Waals surface area contributed by atoms with Gasteiger partial charge in [-0.25, -0.2) is 0 Å². The molecule has 0 atom stereocenters. The van der Waals surface area contributed by atoms with Gasteiger partial charge in [0.1, 0.15) is 12.4 Å². The second-order valence-electron chi connectivity index (χ2n) is 3.05. The van der Waals surface area contributed by atoms with Crippen molar-refractivity contribution in [1.29, 1.82) is 0 Å². The SMILES string of the molecule is COc1ccc(N2C=COCC2)cc1. The highest BCUT2D eigenvalue weighted by atomic mass is 16.5. The lowest BCUT2D eigenvalue weighted by Gasteiger charge is -2.23. The molecule has 0 aliphatic carbocycles. The van der Waals surface area contributed by atoms with Crippen LogP contribution in [0, 0.1) is 0 Å². The molecule has 14 heavy (non-hydrogen) atoms. The van der Waals surface area contributed by atoms with Gasteiger partial charge in [0.25, 0.3) is 0 Å². The first kappa shape index (κ1) is 8.94. The van der Waals surface area contributed by atoms with Crippen molar-refractivity contribution in [3.8, 4) is 5.75 Å². The highest BCUT2D eigenvalue weighted by molar-refractivity contribution is 5.51. The first-order chi connectivity index (χ1) is 6.90. The maximum Gasteiger partial charge on any atom is 0.119 e. The summed E-state index contributed by atoms with van der Waals surface area (Å²) in [6, 6.07) is 7.99. The molecule has 0 unspecified atom stereocenters. The Morgan fingerprint density at radius 2 is 2.07 bits per heavy atom. The first-order valence-corrected chi connectivity index (χ1v) is 4.59. The predicted octanol–water partition coefficient (Wildman–Crippen LogP) is 2.00. The molecular weight excluding hydrogens is 178 g/mol. The second-order valence-corrected chi connectivity index (χ2v) is 3.05. The summed E-state index contributed by atoms with van der Waals surface area (Å²) in [6.45, 7) is 1.63. The fourth-order valence-electron chi connectivity index (χ4n) is 1.40. The largest absolute Gasteiger partial charge is 0.498 e. The molecule has 1 aromatic rings. The van der Waals surface area contributed by atoms with Crippen molar-refractivity contribution in [1.82, 2.24) is 0 Å². The number of nitrogens with zero attached hydrogens (tertiary/aromatic N) is 1. The fourth-order valence-corrected chi connectivity index (χ4v) is 1.40. The van der Waals surface area contributed by atoms with Gasteiger partial charge in [-0.05, 0) is 24.3 Å². The monoisotopic (exact) mass is 191 g/mol. The van der Waals surface area contributed by atoms with Crippen LogP contribution in [0.15, 0.2) is 36.7 Å². The van der Waals surface area contributed by atoms with Gasteiger partial charge in [-0.3, -0.25) is 0 Å². The number of anilines is 1. The number of ether oxygens (including phenoxy) is 2. The van der Waals surface area contributed by atoms with Crippen molar-refractivity contribution >= 4 is 5.69 Å². The Morgan fingerprint density at radius 3 is 2.64 bits per heavy atom. The molecule has 1 aliphatic rings. The maximum absolute atomic E-state index is 5.12. The highest BCUT2D eigenvalue weighted by Crippen LogP contribution is 2.20. The zero-order chi connectivity index (χ0) is 9.80. The second kappa shape index (κ2) is 4.05. The molecule has 0 fully saturated rings. The highest BCUT2D eigenvalue weighted by Gasteiger charge is 2.06. The van der Waals surface area contributed by atoms with E-state index in [0.29, 0.717) is 0 Å². The normalized spacial score (nSPS) is 15.1. The molecule has 2 rings (SSSR count). The van der Waals surface area contributed by atoms with E-state index in [9.17, 15) is 0 Å². The topological polar surface area (TPSA) is 21.7 Å². The molecule has 3 nitrogen and oxygen atoms in total. The quantitative estimate of drug-likeness (QED) is 0.713. The van der Waals surface area contributed by atoms with E-state index >= 15 is 0 Å². The Bertz CT molecular complexity index is 319. The van der Waals surface area contributed by atoms with E-state index in [4.69, 9.17) is 9.47 Å². The van der Waals surface area contributed by atoms with Crippen LogP contribution in [-0.2, 0) is 4.74 Å². The average molecular weight is 191 g/mol. The van der Waals surface area contributed by atoms with Gasteiger partial charge in [0.15, 0.2) is 0 Å². The Hall–Kier alpha value is -1.64. The molecule has 0 radical (unpaired) electrons. The predicted molar refractivity (Wildman–Crippen MR) is 55.4 cm³/mol. The molecule has 0 saturated heterocycles. The van der Waals surface area contributed by atoms with Crippen molar-refractivity contribution < 1.29 is 9.47 Å². The van der Waals surface area contributed by atoms with Crippen molar-refractivity contribution in [2.45, 2.75) is 0 Å². The van der Waals surface area contributed by atoms with Crippen molar-refractivity contribution in [3.05, 3.63) is 36.7 Å². The molecule has 0 N–H and O–H groups in total. The Kier molecular flexibility index (Phi) is 2.58. The third-order valence-electron chi connectivity index (χ3n) is 2.19. The smallest absolute Gasteiger partial charge is 0.119 e. The minimum absolute atomic E-state index is 0.739. The van der Waals surface area contributed by atoms with Crippen molar-refractivity contribution in [2.24, 2.45) is 0 Å². The third kappa shape index (κ3) is 1.82. The maximum atomic E-state index is 5.12. The summed E-state index contributed by atoms with van der Waals surface area (Å²) in [5, 5.41) is 0. The number of rotatable bonds is 2. The molecule has 0 aromatic heterocycles. The molecule has 74 valence electrons. The van der Waals surface area contributed by atoms with Gasteiger partial charge >= 0.3 is 0 Å². The van der Waals surface area contributed by atoms with E-state index in [1.807, 2.05) is 30.5 Å². The number of hydrogen-bond donors (Lipinski definition) is 0. The summed E-state index contributed by atoms with van der Waals surface area (Å²) in [5.74, 6) is 0.881. The van der Waals surface area contributed by atoms with E-state index in [0.717, 1.165) is 24.6 Å². The van der Waals surface area contributed by atoms with Crippen LogP contribution >= 0.6 is 0 Å². The molecule has 0 bridgehead atoms. The molecule has 1 heterocycles. The van der Waals surface area contributed by atoms with E-state index in [2.05, 4.69) is 4.90 Å². The Morgan fingerprint density at radius 1 is 1.29 bits per heavy atom. The van der Waals surface area contributed by atoms with Crippen LogP contribution in [0.25, 0.3) is 0 Å². The van der Waals surface area contributed by atoms with Crippen molar-refractivity contribution in [3.63, 3.8) is 0 Å². The molecule has 0 saturated carbocycles. The van der Waals surface area contributed by atoms with Gasteiger partial charge in [0, 0.05) is 11.9 Å². The molecule has 1 aliphatic heterocycles. The number of methoxy groups -OCH3 is 1. The Balaban J connectivity index is 2.15. The zero-order valence-electron chi connectivity index (χ0n) is 8.14.